The molecule has 0 aromatic heterocycles. The molecule has 0 saturated heterocycles. The van der Waals surface area contributed by atoms with Gasteiger partial charge in [-0.05, 0) is 25.7 Å². The molecule has 0 aliphatic heterocycles. The third kappa shape index (κ3) is 10.00. The topological polar surface area (TPSA) is 72.2 Å². The molecule has 6 nitrogen and oxygen atoms in total. The summed E-state index contributed by atoms with van der Waals surface area (Å²) in [6.45, 7) is 10.4. The highest BCUT2D eigenvalue weighted by atomic mass is 28.5. The second-order valence-electron chi connectivity index (χ2n) is 4.45. The zero-order valence-corrected chi connectivity index (χ0v) is 15.5. The molecule has 0 rings (SSSR count). The molecule has 0 unspecified atom stereocenters. The van der Waals surface area contributed by atoms with E-state index in [2.05, 4.69) is 0 Å². The number of hydrogen-bond donors (Lipinski definition) is 1. The summed E-state index contributed by atoms with van der Waals surface area (Å²) < 4.78 is 28.3. The Bertz CT molecular complexity index is 208. The lowest BCUT2D eigenvalue weighted by atomic mass is 10.5. The van der Waals surface area contributed by atoms with Crippen LogP contribution in [0.4, 0.5) is 0 Å². The van der Waals surface area contributed by atoms with Crippen LogP contribution in [0.1, 0.15) is 53.4 Å². The maximum absolute atomic E-state index is 6.16. The third-order valence-corrected chi connectivity index (χ3v) is 6.50. The zero-order valence-electron chi connectivity index (χ0n) is 13.4. The summed E-state index contributed by atoms with van der Waals surface area (Å²) in [5.74, 6) is 0. The fraction of sp³-hybridized carbons (Fsp3) is 1.00. The molecule has 0 saturated carbocycles. The van der Waals surface area contributed by atoms with Gasteiger partial charge in [-0.3, -0.25) is 5.40 Å². The van der Waals surface area contributed by atoms with E-state index in [1.165, 1.54) is 0 Å². The van der Waals surface area contributed by atoms with E-state index in [9.17, 15) is 0 Å². The average molecular weight is 326 g/mol. The molecule has 0 aromatic carbocycles. The van der Waals surface area contributed by atoms with Crippen LogP contribution in [-0.4, -0.2) is 44.9 Å². The van der Waals surface area contributed by atoms with Gasteiger partial charge < -0.3 is 21.8 Å². The van der Waals surface area contributed by atoms with Crippen LogP contribution in [0.15, 0.2) is 0 Å². The van der Waals surface area contributed by atoms with Crippen LogP contribution in [0.3, 0.4) is 0 Å². The molecule has 0 radical (unpaired) electrons. The minimum Gasteiger partial charge on any atom is -0.376 e. The van der Waals surface area contributed by atoms with Gasteiger partial charge >= 0.3 is 18.5 Å². The van der Waals surface area contributed by atoms with Crippen molar-refractivity contribution in [1.29, 1.82) is 0 Å². The lowest BCUT2D eigenvalue weighted by Gasteiger charge is -2.28. The largest absolute Gasteiger partial charge is 0.586 e. The molecule has 0 aliphatic carbocycles. The molecule has 0 aromatic rings. The summed E-state index contributed by atoms with van der Waals surface area (Å²) in [4.78, 5) is 0. The van der Waals surface area contributed by atoms with Crippen molar-refractivity contribution in [3.8, 4) is 0 Å². The van der Waals surface area contributed by atoms with E-state index in [1.807, 2.05) is 27.7 Å². The minimum absolute atomic E-state index is 0.523. The second kappa shape index (κ2) is 12.9. The van der Waals surface area contributed by atoms with E-state index in [1.54, 1.807) is 0 Å². The summed E-state index contributed by atoms with van der Waals surface area (Å²) in [7, 11) is -5.44. The van der Waals surface area contributed by atoms with Crippen LogP contribution in [0, 0.1) is 0 Å². The van der Waals surface area contributed by atoms with Gasteiger partial charge in [0.05, 0.1) is 0 Å². The number of hydrogen-bond acceptors (Lipinski definition) is 6. The van der Waals surface area contributed by atoms with Crippen molar-refractivity contribution in [2.45, 2.75) is 53.4 Å². The smallest absolute Gasteiger partial charge is 0.376 e. The fourth-order valence-electron chi connectivity index (χ4n) is 1.28. The molecular formula is C12H31NO5Si2. The zero-order chi connectivity index (χ0) is 15.3. The molecule has 0 aliphatic rings. The van der Waals surface area contributed by atoms with Crippen LogP contribution in [0.2, 0.25) is 0 Å². The Hall–Kier alpha value is 0.194. The average Bonchev–Trinajstić information content (AvgIpc) is 2.46. The van der Waals surface area contributed by atoms with Crippen LogP contribution in [-0.2, 0) is 21.8 Å². The van der Waals surface area contributed by atoms with Crippen molar-refractivity contribution >= 4 is 18.5 Å². The highest BCUT2D eigenvalue weighted by Gasteiger charge is 2.41. The van der Waals surface area contributed by atoms with Gasteiger partial charge in [0.15, 0.2) is 0 Å². The summed E-state index contributed by atoms with van der Waals surface area (Å²) in [5.41, 5.74) is 0. The lowest BCUT2D eigenvalue weighted by Crippen LogP contribution is -2.59. The first-order valence-electron chi connectivity index (χ1n) is 7.59. The normalized spacial score (nSPS) is 12.3. The molecule has 0 spiro atoms. The van der Waals surface area contributed by atoms with Crippen LogP contribution < -0.4 is 5.40 Å². The molecule has 2 N–H and O–H groups in total. The van der Waals surface area contributed by atoms with E-state index in [0.29, 0.717) is 26.4 Å². The Morgan fingerprint density at radius 2 is 1.15 bits per heavy atom. The molecule has 0 heterocycles. The van der Waals surface area contributed by atoms with E-state index >= 15 is 0 Å². The van der Waals surface area contributed by atoms with Crippen molar-refractivity contribution in [1.82, 2.24) is 0 Å². The molecule has 8 heteroatoms. The Morgan fingerprint density at radius 3 is 1.50 bits per heavy atom. The first-order valence-corrected chi connectivity index (χ1v) is 10.8. The van der Waals surface area contributed by atoms with Gasteiger partial charge in [-0.1, -0.05) is 27.7 Å². The minimum atomic E-state index is -3.14. The van der Waals surface area contributed by atoms with Crippen LogP contribution in [0.5, 0.6) is 0 Å². The summed E-state index contributed by atoms with van der Waals surface area (Å²) in [5, 5.41) is 6.16. The van der Waals surface area contributed by atoms with Gasteiger partial charge in [0.1, 0.15) is 0 Å². The molecule has 20 heavy (non-hydrogen) atoms. The standard InChI is InChI=1S/C12H31NO5Si2/c1-5-9-14-19(15-10-6-2)18-20(13,16-11-7-3)17-12-8-4/h19H,5-13H2,1-4H3. The van der Waals surface area contributed by atoms with E-state index < -0.39 is 18.5 Å². The van der Waals surface area contributed by atoms with Crippen molar-refractivity contribution in [3.05, 3.63) is 0 Å². The summed E-state index contributed by atoms with van der Waals surface area (Å²) in [6, 6.07) is 0. The molecule has 0 amide bonds. The maximum atomic E-state index is 6.16. The molecule has 0 fully saturated rings. The summed E-state index contributed by atoms with van der Waals surface area (Å²) in [6.07, 6.45) is 3.55. The predicted octanol–water partition coefficient (Wildman–Crippen LogP) is 1.82. The van der Waals surface area contributed by atoms with Gasteiger partial charge in [0.2, 0.25) is 0 Å². The van der Waals surface area contributed by atoms with Crippen molar-refractivity contribution < 1.29 is 21.8 Å². The quantitative estimate of drug-likeness (QED) is 0.491. The third-order valence-electron chi connectivity index (χ3n) is 2.19. The van der Waals surface area contributed by atoms with Gasteiger partial charge in [-0.2, -0.15) is 0 Å². The molecule has 0 atom stereocenters. The number of nitrogens with two attached hydrogens (primary N) is 1. The Balaban J connectivity index is 4.48. The molecule has 122 valence electrons. The maximum Gasteiger partial charge on any atom is 0.586 e. The Morgan fingerprint density at radius 1 is 0.750 bits per heavy atom. The SMILES string of the molecule is CCCO[SiH](OCCC)O[Si](N)(OCCC)OCCC. The Kier molecular flexibility index (Phi) is 13.0. The highest BCUT2D eigenvalue weighted by Crippen LogP contribution is 2.08. The Labute approximate surface area is 126 Å². The van der Waals surface area contributed by atoms with Gasteiger partial charge in [0.25, 0.3) is 0 Å². The van der Waals surface area contributed by atoms with Crippen LogP contribution >= 0.6 is 0 Å². The van der Waals surface area contributed by atoms with Crippen molar-refractivity contribution in [3.63, 3.8) is 0 Å². The van der Waals surface area contributed by atoms with Crippen LogP contribution in [0.25, 0.3) is 0 Å². The van der Waals surface area contributed by atoms with Gasteiger partial charge in [0, 0.05) is 26.4 Å². The van der Waals surface area contributed by atoms with Crippen molar-refractivity contribution in [2.75, 3.05) is 26.4 Å². The van der Waals surface area contributed by atoms with Gasteiger partial charge in [-0.15, -0.1) is 0 Å². The fourth-order valence-corrected chi connectivity index (χ4v) is 5.45. The monoisotopic (exact) mass is 325 g/mol. The molecule has 0 bridgehead atoms. The second-order valence-corrected chi connectivity index (χ2v) is 8.42. The van der Waals surface area contributed by atoms with E-state index in [0.717, 1.165) is 25.7 Å². The van der Waals surface area contributed by atoms with E-state index in [4.69, 9.17) is 27.2 Å². The summed E-state index contributed by atoms with van der Waals surface area (Å²) >= 11 is 0. The first kappa shape index (κ1) is 20.2. The predicted molar refractivity (Wildman–Crippen MR) is 83.1 cm³/mol. The number of rotatable bonds is 14. The first-order chi connectivity index (χ1) is 9.61. The molecular weight excluding hydrogens is 294 g/mol. The van der Waals surface area contributed by atoms with Crippen molar-refractivity contribution in [2.24, 2.45) is 5.40 Å². The lowest BCUT2D eigenvalue weighted by molar-refractivity contribution is 0.0606. The van der Waals surface area contributed by atoms with E-state index in [-0.39, 0.29) is 0 Å². The van der Waals surface area contributed by atoms with Gasteiger partial charge in [-0.25, -0.2) is 0 Å². The highest BCUT2D eigenvalue weighted by molar-refractivity contribution is 6.64.